The highest BCUT2D eigenvalue weighted by atomic mass is 32.2. The van der Waals surface area contributed by atoms with Crippen LogP contribution in [0.15, 0.2) is 28.0 Å². The predicted octanol–water partition coefficient (Wildman–Crippen LogP) is 2.15. The van der Waals surface area contributed by atoms with Crippen LogP contribution < -0.4 is 5.56 Å². The molecule has 0 radical (unpaired) electrons. The second-order valence-electron chi connectivity index (χ2n) is 3.69. The fourth-order valence-corrected chi connectivity index (χ4v) is 3.08. The van der Waals surface area contributed by atoms with E-state index in [0.717, 1.165) is 10.8 Å². The van der Waals surface area contributed by atoms with Gasteiger partial charge in [0.2, 0.25) is 0 Å². The highest BCUT2D eigenvalue weighted by Crippen LogP contribution is 2.34. The van der Waals surface area contributed by atoms with E-state index >= 15 is 0 Å². The molecule has 0 saturated carbocycles. The lowest BCUT2D eigenvalue weighted by molar-refractivity contribution is 0.396. The fourth-order valence-electron chi connectivity index (χ4n) is 1.66. The highest BCUT2D eigenvalue weighted by molar-refractivity contribution is 7.99. The average molecular weight is 195 g/mol. The van der Waals surface area contributed by atoms with Crippen LogP contribution in [0.5, 0.6) is 0 Å². The Hall–Kier alpha value is -0.700. The van der Waals surface area contributed by atoms with Gasteiger partial charge in [0.25, 0.3) is 5.56 Å². The van der Waals surface area contributed by atoms with E-state index in [-0.39, 0.29) is 5.56 Å². The molecule has 0 amide bonds. The van der Waals surface area contributed by atoms with E-state index in [1.165, 1.54) is 0 Å². The van der Waals surface area contributed by atoms with Crippen molar-refractivity contribution >= 4 is 11.8 Å². The van der Waals surface area contributed by atoms with Gasteiger partial charge >= 0.3 is 0 Å². The van der Waals surface area contributed by atoms with Gasteiger partial charge in [-0.1, -0.05) is 19.9 Å². The number of thioether (sulfide) groups is 1. The molecule has 1 aliphatic rings. The molecule has 2 heterocycles. The lowest BCUT2D eigenvalue weighted by Crippen LogP contribution is -2.25. The van der Waals surface area contributed by atoms with E-state index in [9.17, 15) is 4.79 Å². The molecule has 0 unspecified atom stereocenters. The summed E-state index contributed by atoms with van der Waals surface area (Å²) in [7, 11) is 0. The lowest BCUT2D eigenvalue weighted by atomic mass is 10.1. The van der Waals surface area contributed by atoms with Gasteiger partial charge in [-0.3, -0.25) is 9.36 Å². The summed E-state index contributed by atoms with van der Waals surface area (Å²) in [5.74, 6) is 1.57. The molecule has 0 aliphatic carbocycles. The molecule has 2 nitrogen and oxygen atoms in total. The van der Waals surface area contributed by atoms with E-state index < -0.39 is 0 Å². The molecular formula is C10H13NOS. The molecule has 0 fully saturated rings. The van der Waals surface area contributed by atoms with Crippen molar-refractivity contribution in [3.8, 4) is 0 Å². The fraction of sp³-hybridized carbons (Fsp3) is 0.500. The third kappa shape index (κ3) is 1.41. The minimum atomic E-state index is 0.140. The Balaban J connectivity index is 2.52. The van der Waals surface area contributed by atoms with Gasteiger partial charge in [-0.2, -0.15) is 0 Å². The van der Waals surface area contributed by atoms with Crippen LogP contribution in [0.1, 0.15) is 19.9 Å². The second-order valence-corrected chi connectivity index (χ2v) is 4.73. The maximum absolute atomic E-state index is 11.6. The summed E-state index contributed by atoms with van der Waals surface area (Å²) in [6.07, 6.45) is 0. The summed E-state index contributed by atoms with van der Waals surface area (Å²) in [6.45, 7) is 4.33. The van der Waals surface area contributed by atoms with Gasteiger partial charge in [0.15, 0.2) is 0 Å². The molecule has 3 heteroatoms. The zero-order valence-corrected chi connectivity index (χ0v) is 8.67. The lowest BCUT2D eigenvalue weighted by Gasteiger charge is -2.16. The normalized spacial score (nSPS) is 20.7. The van der Waals surface area contributed by atoms with Gasteiger partial charge in [-0.25, -0.2) is 0 Å². The van der Waals surface area contributed by atoms with E-state index in [0.29, 0.717) is 12.0 Å². The van der Waals surface area contributed by atoms with Gasteiger partial charge in [0.05, 0.1) is 5.03 Å². The first kappa shape index (κ1) is 8.88. The predicted molar refractivity (Wildman–Crippen MR) is 55.3 cm³/mol. The van der Waals surface area contributed by atoms with Crippen molar-refractivity contribution < 1.29 is 0 Å². The Morgan fingerprint density at radius 1 is 1.54 bits per heavy atom. The van der Waals surface area contributed by atoms with Crippen LogP contribution in [-0.4, -0.2) is 10.3 Å². The average Bonchev–Trinajstić information content (AvgIpc) is 2.49. The molecule has 0 saturated heterocycles. The molecule has 70 valence electrons. The van der Waals surface area contributed by atoms with Gasteiger partial charge in [-0.15, -0.1) is 11.8 Å². The molecule has 1 atom stereocenters. The summed E-state index contributed by atoms with van der Waals surface area (Å²) < 4.78 is 1.93. The first-order valence-corrected chi connectivity index (χ1v) is 5.53. The third-order valence-corrected chi connectivity index (χ3v) is 3.59. The summed E-state index contributed by atoms with van der Waals surface area (Å²) in [4.78, 5) is 11.6. The van der Waals surface area contributed by atoms with Crippen LogP contribution in [0.2, 0.25) is 0 Å². The Morgan fingerprint density at radius 2 is 2.31 bits per heavy atom. The van der Waals surface area contributed by atoms with Crippen LogP contribution in [0.4, 0.5) is 0 Å². The number of hydrogen-bond acceptors (Lipinski definition) is 2. The molecular weight excluding hydrogens is 182 g/mol. The smallest absolute Gasteiger partial charge is 0.251 e. The van der Waals surface area contributed by atoms with Crippen LogP contribution in [0.3, 0.4) is 0 Å². The molecule has 0 aromatic carbocycles. The summed E-state index contributed by atoms with van der Waals surface area (Å²) >= 11 is 1.78. The number of rotatable bonds is 1. The van der Waals surface area contributed by atoms with Crippen LogP contribution in [0.25, 0.3) is 0 Å². The molecule has 1 aliphatic heterocycles. The molecule has 0 spiro atoms. The largest absolute Gasteiger partial charge is 0.299 e. The van der Waals surface area contributed by atoms with Crippen molar-refractivity contribution in [3.05, 3.63) is 28.6 Å². The van der Waals surface area contributed by atoms with Gasteiger partial charge < -0.3 is 0 Å². The van der Waals surface area contributed by atoms with Crippen LogP contribution in [-0.2, 0) is 0 Å². The van der Waals surface area contributed by atoms with Crippen molar-refractivity contribution in [3.63, 3.8) is 0 Å². The molecule has 1 aromatic heterocycles. The molecule has 0 bridgehead atoms. The van der Waals surface area contributed by atoms with Gasteiger partial charge in [0, 0.05) is 17.9 Å². The van der Waals surface area contributed by atoms with E-state index in [1.807, 2.05) is 16.7 Å². The zero-order chi connectivity index (χ0) is 9.42. The Labute approximate surface area is 82.0 Å². The topological polar surface area (TPSA) is 22.0 Å². The molecule has 13 heavy (non-hydrogen) atoms. The number of nitrogens with zero attached hydrogens (tertiary/aromatic N) is 1. The van der Waals surface area contributed by atoms with Gasteiger partial charge in [-0.05, 0) is 12.0 Å². The van der Waals surface area contributed by atoms with E-state index in [2.05, 4.69) is 13.8 Å². The van der Waals surface area contributed by atoms with E-state index in [1.54, 1.807) is 17.8 Å². The number of aromatic nitrogens is 1. The number of fused-ring (bicyclic) bond motifs is 1. The van der Waals surface area contributed by atoms with Crippen molar-refractivity contribution in [1.29, 1.82) is 0 Å². The Morgan fingerprint density at radius 3 is 3.00 bits per heavy atom. The molecule has 2 rings (SSSR count). The molecule has 0 N–H and O–H groups in total. The maximum Gasteiger partial charge on any atom is 0.251 e. The van der Waals surface area contributed by atoms with E-state index in [4.69, 9.17) is 0 Å². The quantitative estimate of drug-likeness (QED) is 0.685. The maximum atomic E-state index is 11.6. The minimum Gasteiger partial charge on any atom is -0.299 e. The number of hydrogen-bond donors (Lipinski definition) is 0. The summed E-state index contributed by atoms with van der Waals surface area (Å²) in [6, 6.07) is 5.89. The Kier molecular flexibility index (Phi) is 2.20. The van der Waals surface area contributed by atoms with Crippen molar-refractivity contribution in [1.82, 2.24) is 4.57 Å². The zero-order valence-electron chi connectivity index (χ0n) is 7.86. The monoisotopic (exact) mass is 195 g/mol. The van der Waals surface area contributed by atoms with Gasteiger partial charge in [0.1, 0.15) is 0 Å². The second kappa shape index (κ2) is 3.22. The van der Waals surface area contributed by atoms with Crippen molar-refractivity contribution in [2.75, 3.05) is 5.75 Å². The van der Waals surface area contributed by atoms with Crippen molar-refractivity contribution in [2.24, 2.45) is 5.92 Å². The summed E-state index contributed by atoms with van der Waals surface area (Å²) in [5, 5.41) is 1.12. The minimum absolute atomic E-state index is 0.140. The highest BCUT2D eigenvalue weighted by Gasteiger charge is 2.25. The first-order valence-electron chi connectivity index (χ1n) is 4.54. The number of pyridine rings is 1. The summed E-state index contributed by atoms with van der Waals surface area (Å²) in [5.41, 5.74) is 0.140. The first-order chi connectivity index (χ1) is 6.20. The van der Waals surface area contributed by atoms with Crippen molar-refractivity contribution in [2.45, 2.75) is 24.9 Å². The van der Waals surface area contributed by atoms with Crippen LogP contribution >= 0.6 is 11.8 Å². The van der Waals surface area contributed by atoms with Crippen LogP contribution in [0, 0.1) is 5.92 Å². The standard InChI is InChI=1S/C10H13NOS/c1-7(2)8-6-13-10-5-3-4-9(12)11(8)10/h3-5,7-8H,6H2,1-2H3/t8-/m1/s1. The SMILES string of the molecule is CC(C)[C@H]1CSc2cccc(=O)n21. The third-order valence-electron chi connectivity index (χ3n) is 2.46. The molecule has 1 aromatic rings. The Bertz CT molecular complexity index is 369.